The van der Waals surface area contributed by atoms with Crippen LogP contribution < -0.4 is 9.47 Å². The molecular weight excluding hydrogens is 648 g/mol. The van der Waals surface area contributed by atoms with Crippen LogP contribution in [0.25, 0.3) is 0 Å². The zero-order valence-corrected chi connectivity index (χ0v) is 30.8. The molecule has 0 N–H and O–H groups in total. The van der Waals surface area contributed by atoms with E-state index in [1.807, 2.05) is 48.5 Å². The maximum atomic E-state index is 12.9. The van der Waals surface area contributed by atoms with Gasteiger partial charge in [0.15, 0.2) is 0 Å². The molecule has 4 aliphatic rings. The van der Waals surface area contributed by atoms with E-state index in [0.717, 1.165) is 73.4 Å². The van der Waals surface area contributed by atoms with E-state index < -0.39 is 0 Å². The van der Waals surface area contributed by atoms with Crippen LogP contribution in [-0.2, 0) is 41.7 Å². The molecule has 6 rings (SSSR count). The topological polar surface area (TPSA) is 105 Å². The van der Waals surface area contributed by atoms with Crippen molar-refractivity contribution < 1.29 is 47.1 Å². The van der Waals surface area contributed by atoms with Crippen LogP contribution >= 0.6 is 0 Å². The van der Waals surface area contributed by atoms with E-state index in [2.05, 4.69) is 14.1 Å². The zero-order valence-electron chi connectivity index (χ0n) is 30.8. The zero-order chi connectivity index (χ0) is 36.2. The third-order valence-corrected chi connectivity index (χ3v) is 12.4. The first kappa shape index (κ1) is 37.0. The standard InChI is InChI=1S/C41H56N2O8/c1-5-38(44)48-34-18-10-28(11-19-34)26-42(3)30-14-15-31(42)23-36(22-30)50-40(46)8-7-9-41(47)51-37-24-32-16-17-33(25-37)43(32,4)27-29-12-20-35(21-13-29)49-39(45)6-2/h10-13,18-21,30-33,36-37H,5-9,14-17,22-27H2,1-4H3/q+2. The fraction of sp³-hybridized carbons (Fsp3) is 0.610. The Morgan fingerprint density at radius 2 is 0.882 bits per heavy atom. The number of ether oxygens (including phenoxy) is 4. The molecule has 4 aliphatic heterocycles. The summed E-state index contributed by atoms with van der Waals surface area (Å²) in [7, 11) is 4.64. The third-order valence-electron chi connectivity index (χ3n) is 12.4. The molecule has 4 atom stereocenters. The van der Waals surface area contributed by atoms with Crippen molar-refractivity contribution in [3.05, 3.63) is 59.7 Å². The quantitative estimate of drug-likeness (QED) is 0.124. The van der Waals surface area contributed by atoms with Gasteiger partial charge in [0, 0.05) is 88.2 Å². The van der Waals surface area contributed by atoms with Crippen LogP contribution in [-0.4, -0.2) is 83.3 Å². The van der Waals surface area contributed by atoms with Crippen LogP contribution in [0.4, 0.5) is 0 Å². The summed E-state index contributed by atoms with van der Waals surface area (Å²) in [6.45, 7) is 5.36. The Bertz CT molecular complexity index is 1410. The number of carbonyl (C=O) groups excluding carboxylic acids is 4. The molecule has 4 bridgehead atoms. The van der Waals surface area contributed by atoms with Gasteiger partial charge in [-0.1, -0.05) is 13.8 Å². The molecule has 0 amide bonds. The highest BCUT2D eigenvalue weighted by molar-refractivity contribution is 5.73. The van der Waals surface area contributed by atoms with Crippen LogP contribution in [0.5, 0.6) is 11.5 Å². The smallest absolute Gasteiger partial charge is 0.310 e. The van der Waals surface area contributed by atoms with Crippen molar-refractivity contribution in [2.45, 2.75) is 147 Å². The average molecular weight is 705 g/mol. The predicted molar refractivity (Wildman–Crippen MR) is 190 cm³/mol. The number of esters is 4. The van der Waals surface area contributed by atoms with Gasteiger partial charge < -0.3 is 27.9 Å². The van der Waals surface area contributed by atoms with E-state index in [4.69, 9.17) is 18.9 Å². The monoisotopic (exact) mass is 704 g/mol. The summed E-state index contributed by atoms with van der Waals surface area (Å²) in [5.74, 6) is 0.239. The molecule has 4 fully saturated rings. The SMILES string of the molecule is CCC(=O)Oc1ccc(C[N+]2(C)C3CCC2CC(OC(=O)CCCC(=O)OC2CC4CCC(C2)[N+]4(C)Cc2ccc(OC(=O)CC)cc2)C3)cc1. The van der Waals surface area contributed by atoms with E-state index in [1.165, 1.54) is 11.1 Å². The van der Waals surface area contributed by atoms with Crippen molar-refractivity contribution in [1.29, 1.82) is 0 Å². The molecule has 0 aliphatic carbocycles. The molecule has 2 aromatic carbocycles. The maximum Gasteiger partial charge on any atom is 0.310 e. The Labute approximate surface area is 302 Å². The van der Waals surface area contributed by atoms with Gasteiger partial charge in [-0.15, -0.1) is 0 Å². The number of hydrogen-bond donors (Lipinski definition) is 0. The minimum Gasteiger partial charge on any atom is -0.462 e. The van der Waals surface area contributed by atoms with Gasteiger partial charge in [0.05, 0.1) is 38.3 Å². The fourth-order valence-electron chi connectivity index (χ4n) is 9.48. The minimum atomic E-state index is -0.235. The molecule has 276 valence electrons. The van der Waals surface area contributed by atoms with Gasteiger partial charge in [0.25, 0.3) is 0 Å². The highest BCUT2D eigenvalue weighted by Crippen LogP contribution is 2.45. The number of piperidine rings is 2. The summed E-state index contributed by atoms with van der Waals surface area (Å²) in [6.07, 6.45) is 9.34. The molecule has 51 heavy (non-hydrogen) atoms. The Morgan fingerprint density at radius 3 is 1.20 bits per heavy atom. The Kier molecular flexibility index (Phi) is 11.5. The van der Waals surface area contributed by atoms with Crippen LogP contribution in [0.1, 0.15) is 108 Å². The second-order valence-corrected chi connectivity index (χ2v) is 15.7. The maximum absolute atomic E-state index is 12.9. The van der Waals surface area contributed by atoms with Gasteiger partial charge in [-0.2, -0.15) is 0 Å². The lowest BCUT2D eigenvalue weighted by Crippen LogP contribution is -2.58. The number of fused-ring (bicyclic) bond motifs is 4. The molecule has 2 aromatic rings. The number of rotatable bonds is 14. The first-order chi connectivity index (χ1) is 24.5. The molecule has 4 heterocycles. The van der Waals surface area contributed by atoms with Crippen molar-refractivity contribution in [2.24, 2.45) is 0 Å². The summed E-state index contributed by atoms with van der Waals surface area (Å²) >= 11 is 0. The number of carbonyl (C=O) groups is 4. The second-order valence-electron chi connectivity index (χ2n) is 15.7. The molecule has 0 aromatic heterocycles. The number of quaternary nitrogens is 2. The Morgan fingerprint density at radius 1 is 0.549 bits per heavy atom. The van der Waals surface area contributed by atoms with Crippen LogP contribution in [0.15, 0.2) is 48.5 Å². The summed E-state index contributed by atoms with van der Waals surface area (Å²) in [6, 6.07) is 17.4. The molecule has 10 nitrogen and oxygen atoms in total. The van der Waals surface area contributed by atoms with Crippen molar-refractivity contribution in [3.8, 4) is 11.5 Å². The number of benzene rings is 2. The predicted octanol–water partition coefficient (Wildman–Crippen LogP) is 6.55. The molecule has 10 heteroatoms. The lowest BCUT2D eigenvalue weighted by atomic mass is 9.95. The lowest BCUT2D eigenvalue weighted by molar-refractivity contribution is -0.961. The summed E-state index contributed by atoms with van der Waals surface area (Å²) < 4.78 is 24.5. The van der Waals surface area contributed by atoms with Gasteiger partial charge >= 0.3 is 23.9 Å². The molecule has 0 saturated carbocycles. The number of hydrogen-bond acceptors (Lipinski definition) is 8. The average Bonchev–Trinajstić information content (AvgIpc) is 3.34. The van der Waals surface area contributed by atoms with E-state index >= 15 is 0 Å². The summed E-state index contributed by atoms with van der Waals surface area (Å²) in [5.41, 5.74) is 2.42. The van der Waals surface area contributed by atoms with Crippen LogP contribution in [0.2, 0.25) is 0 Å². The van der Waals surface area contributed by atoms with Gasteiger partial charge in [-0.05, 0) is 55.0 Å². The third kappa shape index (κ3) is 8.66. The van der Waals surface area contributed by atoms with Gasteiger partial charge in [0.2, 0.25) is 0 Å². The van der Waals surface area contributed by atoms with Crippen LogP contribution in [0.3, 0.4) is 0 Å². The number of nitrogens with zero attached hydrogens (tertiary/aromatic N) is 2. The van der Waals surface area contributed by atoms with Crippen LogP contribution in [0, 0.1) is 0 Å². The highest BCUT2D eigenvalue weighted by Gasteiger charge is 2.53. The van der Waals surface area contributed by atoms with Crippen molar-refractivity contribution in [1.82, 2.24) is 0 Å². The van der Waals surface area contributed by atoms with E-state index in [0.29, 0.717) is 54.9 Å². The summed E-state index contributed by atoms with van der Waals surface area (Å²) in [4.78, 5) is 48.9. The van der Waals surface area contributed by atoms with Gasteiger partial charge in [-0.25, -0.2) is 0 Å². The first-order valence-corrected chi connectivity index (χ1v) is 19.1. The fourth-order valence-corrected chi connectivity index (χ4v) is 9.48. The minimum absolute atomic E-state index is 0.0781. The van der Waals surface area contributed by atoms with Crippen molar-refractivity contribution >= 4 is 23.9 Å². The van der Waals surface area contributed by atoms with E-state index in [1.54, 1.807) is 13.8 Å². The molecule has 4 saturated heterocycles. The molecule has 4 unspecified atom stereocenters. The first-order valence-electron chi connectivity index (χ1n) is 19.1. The molecular formula is C41H56N2O8+2. The molecule has 0 spiro atoms. The van der Waals surface area contributed by atoms with E-state index in [9.17, 15) is 19.2 Å². The summed E-state index contributed by atoms with van der Waals surface area (Å²) in [5, 5.41) is 0. The largest absolute Gasteiger partial charge is 0.462 e. The highest BCUT2D eigenvalue weighted by atomic mass is 16.6. The Hall–Kier alpha value is -3.76. The van der Waals surface area contributed by atoms with Gasteiger partial charge in [-0.3, -0.25) is 19.2 Å². The second kappa shape index (κ2) is 15.9. The lowest BCUT2D eigenvalue weighted by Gasteiger charge is -2.47. The van der Waals surface area contributed by atoms with Crippen molar-refractivity contribution in [3.63, 3.8) is 0 Å². The Balaban J connectivity index is 0.902. The molecule has 0 radical (unpaired) electrons. The van der Waals surface area contributed by atoms with Crippen molar-refractivity contribution in [2.75, 3.05) is 14.1 Å². The van der Waals surface area contributed by atoms with Gasteiger partial charge in [0.1, 0.15) is 36.8 Å². The normalized spacial score (nSPS) is 30.7. The van der Waals surface area contributed by atoms with E-state index in [-0.39, 0.29) is 48.9 Å².